The van der Waals surface area contributed by atoms with Crippen molar-refractivity contribution in [2.75, 3.05) is 0 Å². The Hall–Kier alpha value is -1.88. The van der Waals surface area contributed by atoms with E-state index >= 15 is 0 Å². The maximum Gasteiger partial charge on any atom is 0.171 e. The van der Waals surface area contributed by atoms with Crippen LogP contribution < -0.4 is 15.7 Å². The van der Waals surface area contributed by atoms with Crippen molar-refractivity contribution in [1.29, 1.82) is 0 Å². The second-order valence-electron chi connectivity index (χ2n) is 3.77. The summed E-state index contributed by atoms with van der Waals surface area (Å²) < 4.78 is 0. The van der Waals surface area contributed by atoms with E-state index in [-0.39, 0.29) is 5.57 Å². The number of carbonyl (C=O) groups is 1. The van der Waals surface area contributed by atoms with Gasteiger partial charge in [0.25, 0.3) is 0 Å². The number of carbonyl (C=O) groups excluding carboxylic acids is 1. The number of hydrogen-bond acceptors (Lipinski definition) is 3. The van der Waals surface area contributed by atoms with E-state index in [9.17, 15) is 9.90 Å². The van der Waals surface area contributed by atoms with Crippen molar-refractivity contribution in [2.45, 2.75) is 13.0 Å². The third kappa shape index (κ3) is 2.29. The van der Waals surface area contributed by atoms with E-state index in [1.54, 1.807) is 6.92 Å². The summed E-state index contributed by atoms with van der Waals surface area (Å²) in [4.78, 5) is 11.2. The Labute approximate surface area is 104 Å². The summed E-state index contributed by atoms with van der Waals surface area (Å²) in [7, 11) is 0. The van der Waals surface area contributed by atoms with Gasteiger partial charge in [-0.3, -0.25) is 0 Å². The maximum absolute atomic E-state index is 11.2. The summed E-state index contributed by atoms with van der Waals surface area (Å²) in [6.07, 6.45) is 0. The van der Waals surface area contributed by atoms with E-state index in [2.05, 4.69) is 10.6 Å². The summed E-state index contributed by atoms with van der Waals surface area (Å²) >= 11 is 5.03. The van der Waals surface area contributed by atoms with E-state index in [0.717, 1.165) is 5.56 Å². The lowest BCUT2D eigenvalue weighted by Gasteiger charge is -2.31. The molecule has 88 valence electrons. The third-order valence-electron chi connectivity index (χ3n) is 2.62. The molecule has 1 atom stereocenters. The van der Waals surface area contributed by atoms with Crippen LogP contribution in [0, 0.1) is 0 Å². The predicted octanol–water partition coefficient (Wildman–Crippen LogP) is 0.229. The van der Waals surface area contributed by atoms with Gasteiger partial charge in [0.1, 0.15) is 0 Å². The Balaban J connectivity index is 2.47. The van der Waals surface area contributed by atoms with Crippen molar-refractivity contribution in [3.05, 3.63) is 47.2 Å². The van der Waals surface area contributed by atoms with E-state index in [4.69, 9.17) is 12.2 Å². The molecule has 1 aliphatic rings. The molecule has 0 radical (unpaired) electrons. The molecule has 2 N–H and O–H groups in total. The maximum atomic E-state index is 11.2. The summed E-state index contributed by atoms with van der Waals surface area (Å²) in [5, 5.41) is 17.3. The molecule has 0 amide bonds. The van der Waals surface area contributed by atoms with Gasteiger partial charge >= 0.3 is 0 Å². The Morgan fingerprint density at radius 1 is 1.35 bits per heavy atom. The molecule has 4 nitrogen and oxygen atoms in total. The van der Waals surface area contributed by atoms with Crippen LogP contribution in [0.4, 0.5) is 0 Å². The number of carboxylic acids is 1. The highest BCUT2D eigenvalue weighted by molar-refractivity contribution is 7.80. The number of hydrogen-bond donors (Lipinski definition) is 2. The Morgan fingerprint density at radius 2 is 2.00 bits per heavy atom. The van der Waals surface area contributed by atoms with E-state index < -0.39 is 12.0 Å². The number of carboxylic acid groups (broad SMARTS) is 1. The van der Waals surface area contributed by atoms with Gasteiger partial charge in [-0.05, 0) is 24.7 Å². The number of aliphatic carboxylic acids is 1. The highest BCUT2D eigenvalue weighted by atomic mass is 32.1. The van der Waals surface area contributed by atoms with Crippen molar-refractivity contribution >= 4 is 23.3 Å². The molecule has 0 aromatic heterocycles. The molecule has 0 aliphatic carbocycles. The second kappa shape index (κ2) is 4.55. The average Bonchev–Trinajstić information content (AvgIpc) is 2.28. The smallest absolute Gasteiger partial charge is 0.171 e. The molecule has 5 heteroatoms. The SMILES string of the molecule is CC1=C(C(=O)[O-])C(c2ccccc2)NC(=S)N1. The number of thiocarbonyl (C=S) groups is 1. The van der Waals surface area contributed by atoms with Crippen molar-refractivity contribution in [1.82, 2.24) is 10.6 Å². The van der Waals surface area contributed by atoms with Gasteiger partial charge in [-0.25, -0.2) is 0 Å². The van der Waals surface area contributed by atoms with Crippen molar-refractivity contribution in [2.24, 2.45) is 0 Å². The normalized spacial score (nSPS) is 19.6. The highest BCUT2D eigenvalue weighted by Crippen LogP contribution is 2.25. The lowest BCUT2D eigenvalue weighted by atomic mass is 9.96. The molecular weight excluding hydrogens is 236 g/mol. The van der Waals surface area contributed by atoms with Crippen LogP contribution in [0.5, 0.6) is 0 Å². The van der Waals surface area contributed by atoms with E-state index in [1.165, 1.54) is 0 Å². The summed E-state index contributed by atoms with van der Waals surface area (Å²) in [5.41, 5.74) is 1.54. The number of nitrogens with one attached hydrogen (secondary N) is 2. The van der Waals surface area contributed by atoms with Crippen LogP contribution in [0.15, 0.2) is 41.6 Å². The van der Waals surface area contributed by atoms with Crippen LogP contribution in [-0.4, -0.2) is 11.1 Å². The molecule has 1 unspecified atom stereocenters. The third-order valence-corrected chi connectivity index (χ3v) is 2.84. The van der Waals surface area contributed by atoms with Gasteiger partial charge in [-0.2, -0.15) is 0 Å². The van der Waals surface area contributed by atoms with Crippen LogP contribution in [0.25, 0.3) is 0 Å². The minimum absolute atomic E-state index is 0.185. The summed E-state index contributed by atoms with van der Waals surface area (Å²) in [6, 6.07) is 8.81. The first kappa shape index (κ1) is 11.6. The van der Waals surface area contributed by atoms with Gasteiger partial charge in [0.05, 0.1) is 12.0 Å². The van der Waals surface area contributed by atoms with Crippen molar-refractivity contribution < 1.29 is 9.90 Å². The first-order valence-electron chi connectivity index (χ1n) is 5.14. The van der Waals surface area contributed by atoms with Crippen molar-refractivity contribution in [3.8, 4) is 0 Å². The van der Waals surface area contributed by atoms with Crippen LogP contribution in [0.1, 0.15) is 18.5 Å². The standard InChI is InChI=1S/C12H12N2O2S/c1-7-9(11(15)16)10(14-12(17)13-7)8-5-3-2-4-6-8/h2-6,10H,1H3,(H,15,16)(H2,13,14,17)/p-1. The Morgan fingerprint density at radius 3 is 2.59 bits per heavy atom. The summed E-state index contributed by atoms with van der Waals surface area (Å²) in [5.74, 6) is -1.20. The minimum Gasteiger partial charge on any atom is -0.545 e. The zero-order valence-electron chi connectivity index (χ0n) is 9.19. The van der Waals surface area contributed by atoms with E-state index in [1.807, 2.05) is 30.3 Å². The molecule has 17 heavy (non-hydrogen) atoms. The van der Waals surface area contributed by atoms with Crippen LogP contribution in [-0.2, 0) is 4.79 Å². The number of allylic oxidation sites excluding steroid dienone is 1. The Kier molecular flexibility index (Phi) is 3.10. The number of rotatable bonds is 2. The lowest BCUT2D eigenvalue weighted by Crippen LogP contribution is -2.47. The van der Waals surface area contributed by atoms with Gasteiger partial charge in [-0.1, -0.05) is 30.3 Å². The fourth-order valence-electron chi connectivity index (χ4n) is 1.86. The van der Waals surface area contributed by atoms with Crippen LogP contribution in [0.3, 0.4) is 0 Å². The predicted molar refractivity (Wildman–Crippen MR) is 65.8 cm³/mol. The van der Waals surface area contributed by atoms with Gasteiger partial charge in [0.15, 0.2) is 5.11 Å². The molecule has 0 fully saturated rings. The van der Waals surface area contributed by atoms with Gasteiger partial charge in [-0.15, -0.1) is 0 Å². The molecule has 0 saturated heterocycles. The second-order valence-corrected chi connectivity index (χ2v) is 4.18. The highest BCUT2D eigenvalue weighted by Gasteiger charge is 2.25. The molecule has 1 aromatic rings. The zero-order valence-corrected chi connectivity index (χ0v) is 10.0. The molecule has 1 aliphatic heterocycles. The fraction of sp³-hybridized carbons (Fsp3) is 0.167. The number of benzene rings is 1. The first-order chi connectivity index (χ1) is 8.09. The average molecular weight is 247 g/mol. The van der Waals surface area contributed by atoms with Gasteiger partial charge in [0.2, 0.25) is 0 Å². The first-order valence-corrected chi connectivity index (χ1v) is 5.55. The molecule has 0 spiro atoms. The zero-order chi connectivity index (χ0) is 12.4. The minimum atomic E-state index is -1.20. The van der Waals surface area contributed by atoms with Crippen LogP contribution >= 0.6 is 12.2 Å². The van der Waals surface area contributed by atoms with Crippen molar-refractivity contribution in [3.63, 3.8) is 0 Å². The monoisotopic (exact) mass is 247 g/mol. The Bertz CT molecular complexity index is 496. The topological polar surface area (TPSA) is 64.2 Å². The molecule has 1 aromatic carbocycles. The largest absolute Gasteiger partial charge is 0.545 e. The van der Waals surface area contributed by atoms with Gasteiger partial charge < -0.3 is 20.5 Å². The quantitative estimate of drug-likeness (QED) is 0.732. The molecular formula is C12H11N2O2S-. The summed E-state index contributed by atoms with van der Waals surface area (Å²) in [6.45, 7) is 1.67. The molecule has 2 rings (SSSR count). The molecule has 0 bridgehead atoms. The van der Waals surface area contributed by atoms with Crippen LogP contribution in [0.2, 0.25) is 0 Å². The van der Waals surface area contributed by atoms with Gasteiger partial charge in [0, 0.05) is 11.3 Å². The van der Waals surface area contributed by atoms with E-state index in [0.29, 0.717) is 10.8 Å². The molecule has 0 saturated carbocycles. The lowest BCUT2D eigenvalue weighted by molar-refractivity contribution is -0.299. The molecule has 1 heterocycles. The fourth-order valence-corrected chi connectivity index (χ4v) is 2.13.